The zero-order valence-electron chi connectivity index (χ0n) is 10.9. The van der Waals surface area contributed by atoms with E-state index in [-0.39, 0.29) is 22.9 Å². The van der Waals surface area contributed by atoms with Crippen LogP contribution in [0.3, 0.4) is 0 Å². The molecule has 0 fully saturated rings. The first-order valence-electron chi connectivity index (χ1n) is 6.12. The summed E-state index contributed by atoms with van der Waals surface area (Å²) in [5, 5.41) is 5.71. The Morgan fingerprint density at radius 1 is 1.29 bits per heavy atom. The van der Waals surface area contributed by atoms with Crippen molar-refractivity contribution in [3.8, 4) is 0 Å². The maximum absolute atomic E-state index is 13.4. The van der Waals surface area contributed by atoms with Crippen molar-refractivity contribution in [3.05, 3.63) is 47.0 Å². The summed E-state index contributed by atoms with van der Waals surface area (Å²) < 4.78 is 13.4. The van der Waals surface area contributed by atoms with E-state index in [4.69, 9.17) is 17.3 Å². The lowest BCUT2D eigenvalue weighted by molar-refractivity contribution is 0.0951. The number of nitrogen functional groups attached to an aromatic ring is 1. The predicted molar refractivity (Wildman–Crippen MR) is 78.7 cm³/mol. The number of aromatic nitrogens is 2. The number of hydrogen-bond acceptors (Lipinski definition) is 5. The minimum Gasteiger partial charge on any atom is -0.382 e. The van der Waals surface area contributed by atoms with E-state index in [0.717, 1.165) is 0 Å². The first kappa shape index (κ1) is 15.0. The number of nitrogens with one attached hydrogen (secondary N) is 2. The summed E-state index contributed by atoms with van der Waals surface area (Å²) in [7, 11) is 0. The number of carbonyl (C=O) groups is 1. The third-order valence-electron chi connectivity index (χ3n) is 2.64. The molecule has 2 aromatic rings. The van der Waals surface area contributed by atoms with Crippen molar-refractivity contribution in [2.45, 2.75) is 0 Å². The standard InChI is InChI=1S/C13H13ClFN5O/c14-10-11(16)19-7-20-12(10)17-5-6-18-13(21)8-3-1-2-4-9(8)15/h1-4,7H,5-6H2,(H,18,21)(H3,16,17,19,20). The van der Waals surface area contributed by atoms with Crippen LogP contribution in [-0.2, 0) is 0 Å². The molecule has 1 aromatic carbocycles. The Morgan fingerprint density at radius 2 is 2.05 bits per heavy atom. The van der Waals surface area contributed by atoms with E-state index >= 15 is 0 Å². The van der Waals surface area contributed by atoms with Gasteiger partial charge in [-0.2, -0.15) is 0 Å². The van der Waals surface area contributed by atoms with Crippen LogP contribution in [0.15, 0.2) is 30.6 Å². The zero-order chi connectivity index (χ0) is 15.2. The Hall–Kier alpha value is -2.41. The van der Waals surface area contributed by atoms with Crippen molar-refractivity contribution in [1.29, 1.82) is 0 Å². The zero-order valence-corrected chi connectivity index (χ0v) is 11.7. The first-order chi connectivity index (χ1) is 10.1. The summed E-state index contributed by atoms with van der Waals surface area (Å²) in [6.07, 6.45) is 1.28. The van der Waals surface area contributed by atoms with Crippen LogP contribution in [0.25, 0.3) is 0 Å². The Labute approximate surface area is 125 Å². The summed E-state index contributed by atoms with van der Waals surface area (Å²) in [6.45, 7) is 0.629. The second-order valence-corrected chi connectivity index (χ2v) is 4.46. The normalized spacial score (nSPS) is 10.2. The summed E-state index contributed by atoms with van der Waals surface area (Å²) in [5.74, 6) is -0.494. The Balaban J connectivity index is 1.84. The van der Waals surface area contributed by atoms with E-state index in [0.29, 0.717) is 12.4 Å². The topological polar surface area (TPSA) is 92.9 Å². The Kier molecular flexibility index (Phi) is 4.89. The summed E-state index contributed by atoms with van der Waals surface area (Å²) >= 11 is 5.90. The van der Waals surface area contributed by atoms with Gasteiger partial charge in [-0.15, -0.1) is 0 Å². The van der Waals surface area contributed by atoms with E-state index in [2.05, 4.69) is 20.6 Å². The highest BCUT2D eigenvalue weighted by Crippen LogP contribution is 2.22. The number of nitrogens with two attached hydrogens (primary N) is 1. The fraction of sp³-hybridized carbons (Fsp3) is 0.154. The van der Waals surface area contributed by atoms with E-state index in [1.165, 1.54) is 24.5 Å². The highest BCUT2D eigenvalue weighted by Gasteiger charge is 2.10. The molecule has 0 atom stereocenters. The number of anilines is 2. The van der Waals surface area contributed by atoms with Crippen LogP contribution in [0.1, 0.15) is 10.4 Å². The molecule has 0 aliphatic rings. The molecule has 1 amide bonds. The maximum Gasteiger partial charge on any atom is 0.254 e. The van der Waals surface area contributed by atoms with Crippen molar-refractivity contribution >= 4 is 29.1 Å². The summed E-state index contributed by atoms with van der Waals surface area (Å²) in [4.78, 5) is 19.4. The number of nitrogens with zero attached hydrogens (tertiary/aromatic N) is 2. The molecule has 6 nitrogen and oxygen atoms in total. The lowest BCUT2D eigenvalue weighted by Gasteiger charge is -2.09. The molecule has 1 aromatic heterocycles. The van der Waals surface area contributed by atoms with Gasteiger partial charge in [0.15, 0.2) is 5.82 Å². The second-order valence-electron chi connectivity index (χ2n) is 4.08. The molecule has 0 aliphatic carbocycles. The minimum absolute atomic E-state index is 0.00168. The molecule has 0 saturated carbocycles. The lowest BCUT2D eigenvalue weighted by Crippen LogP contribution is -2.29. The molecule has 0 radical (unpaired) electrons. The van der Waals surface area contributed by atoms with Crippen LogP contribution in [-0.4, -0.2) is 29.0 Å². The third-order valence-corrected chi connectivity index (χ3v) is 3.01. The maximum atomic E-state index is 13.4. The van der Waals surface area contributed by atoms with Gasteiger partial charge in [0.1, 0.15) is 23.0 Å². The van der Waals surface area contributed by atoms with Crippen molar-refractivity contribution in [2.75, 3.05) is 24.1 Å². The molecule has 0 aliphatic heterocycles. The highest BCUT2D eigenvalue weighted by atomic mass is 35.5. The fourth-order valence-corrected chi connectivity index (χ4v) is 1.77. The predicted octanol–water partition coefficient (Wildman–Crippen LogP) is 1.69. The molecule has 8 heteroatoms. The van der Waals surface area contributed by atoms with Gasteiger partial charge in [-0.25, -0.2) is 14.4 Å². The summed E-state index contributed by atoms with van der Waals surface area (Å²) in [5.41, 5.74) is 5.53. The van der Waals surface area contributed by atoms with E-state index in [9.17, 15) is 9.18 Å². The Morgan fingerprint density at radius 3 is 2.81 bits per heavy atom. The lowest BCUT2D eigenvalue weighted by atomic mass is 10.2. The van der Waals surface area contributed by atoms with Crippen molar-refractivity contribution < 1.29 is 9.18 Å². The average molecular weight is 310 g/mol. The van der Waals surface area contributed by atoms with Gasteiger partial charge in [0.25, 0.3) is 5.91 Å². The molecular formula is C13H13ClFN5O. The number of benzene rings is 1. The molecule has 0 spiro atoms. The fourth-order valence-electron chi connectivity index (χ4n) is 1.60. The highest BCUT2D eigenvalue weighted by molar-refractivity contribution is 6.35. The second kappa shape index (κ2) is 6.85. The first-order valence-corrected chi connectivity index (χ1v) is 6.50. The molecule has 110 valence electrons. The third kappa shape index (κ3) is 3.79. The van der Waals surface area contributed by atoms with Crippen LogP contribution in [0.5, 0.6) is 0 Å². The summed E-state index contributed by atoms with van der Waals surface area (Å²) in [6, 6.07) is 5.77. The molecule has 2 rings (SSSR count). The molecule has 4 N–H and O–H groups in total. The van der Waals surface area contributed by atoms with E-state index in [1.54, 1.807) is 6.07 Å². The minimum atomic E-state index is -0.561. The van der Waals surface area contributed by atoms with E-state index in [1.807, 2.05) is 0 Å². The average Bonchev–Trinajstić information content (AvgIpc) is 2.48. The van der Waals surface area contributed by atoms with E-state index < -0.39 is 11.7 Å². The molecule has 1 heterocycles. The quantitative estimate of drug-likeness (QED) is 0.731. The number of halogens is 2. The molecule has 0 bridgehead atoms. The largest absolute Gasteiger partial charge is 0.382 e. The van der Waals surface area contributed by atoms with Gasteiger partial charge >= 0.3 is 0 Å². The van der Waals surface area contributed by atoms with Gasteiger partial charge in [-0.3, -0.25) is 4.79 Å². The molecular weight excluding hydrogens is 297 g/mol. The van der Waals surface area contributed by atoms with Crippen LogP contribution in [0, 0.1) is 5.82 Å². The van der Waals surface area contributed by atoms with Gasteiger partial charge in [0.05, 0.1) is 5.56 Å². The number of amides is 1. The van der Waals surface area contributed by atoms with Gasteiger partial charge < -0.3 is 16.4 Å². The molecule has 0 unspecified atom stereocenters. The van der Waals surface area contributed by atoms with Crippen LogP contribution in [0.4, 0.5) is 16.0 Å². The van der Waals surface area contributed by atoms with Crippen molar-refractivity contribution in [1.82, 2.24) is 15.3 Å². The van der Waals surface area contributed by atoms with Crippen LogP contribution >= 0.6 is 11.6 Å². The SMILES string of the molecule is Nc1ncnc(NCCNC(=O)c2ccccc2F)c1Cl. The van der Waals surface area contributed by atoms with Gasteiger partial charge in [-0.1, -0.05) is 23.7 Å². The van der Waals surface area contributed by atoms with Crippen LogP contribution < -0.4 is 16.4 Å². The van der Waals surface area contributed by atoms with Crippen LogP contribution in [0.2, 0.25) is 5.02 Å². The van der Waals surface area contributed by atoms with Crippen molar-refractivity contribution in [3.63, 3.8) is 0 Å². The smallest absolute Gasteiger partial charge is 0.254 e. The molecule has 21 heavy (non-hydrogen) atoms. The monoisotopic (exact) mass is 309 g/mol. The number of carbonyl (C=O) groups excluding carboxylic acids is 1. The van der Waals surface area contributed by atoms with Gasteiger partial charge in [-0.05, 0) is 12.1 Å². The number of hydrogen-bond donors (Lipinski definition) is 3. The number of rotatable bonds is 5. The Bertz CT molecular complexity index is 652. The van der Waals surface area contributed by atoms with Gasteiger partial charge in [0, 0.05) is 13.1 Å². The van der Waals surface area contributed by atoms with Crippen molar-refractivity contribution in [2.24, 2.45) is 0 Å². The van der Waals surface area contributed by atoms with Gasteiger partial charge in [0.2, 0.25) is 0 Å². The molecule has 0 saturated heterocycles.